The first-order chi connectivity index (χ1) is 12.5. The van der Waals surface area contributed by atoms with Crippen LogP contribution >= 0.6 is 0 Å². The van der Waals surface area contributed by atoms with Crippen LogP contribution in [0.15, 0.2) is 54.6 Å². The first kappa shape index (κ1) is 19.1. The van der Waals surface area contributed by atoms with E-state index in [-0.39, 0.29) is 18.7 Å². The van der Waals surface area contributed by atoms with Crippen molar-refractivity contribution in [2.75, 3.05) is 20.2 Å². The Morgan fingerprint density at radius 3 is 2.27 bits per heavy atom. The van der Waals surface area contributed by atoms with E-state index in [4.69, 9.17) is 9.47 Å². The number of ketones is 1. The van der Waals surface area contributed by atoms with Crippen molar-refractivity contribution in [1.82, 2.24) is 4.90 Å². The third-order valence-electron chi connectivity index (χ3n) is 3.41. The summed E-state index contributed by atoms with van der Waals surface area (Å²) in [5, 5.41) is 0. The van der Waals surface area contributed by atoms with Crippen molar-refractivity contribution in [3.63, 3.8) is 0 Å². The summed E-state index contributed by atoms with van der Waals surface area (Å²) in [6.07, 6.45) is -0.685. The molecule has 0 radical (unpaired) electrons. The van der Waals surface area contributed by atoms with Crippen molar-refractivity contribution in [2.24, 2.45) is 0 Å². The molecule has 0 spiro atoms. The van der Waals surface area contributed by atoms with E-state index in [0.717, 1.165) is 22.6 Å². The highest BCUT2D eigenvalue weighted by atomic mass is 19.1. The van der Waals surface area contributed by atoms with Crippen LogP contribution in [0.4, 0.5) is 9.18 Å². The molecule has 1 amide bonds. The minimum absolute atomic E-state index is 0.0854. The lowest BCUT2D eigenvalue weighted by Crippen LogP contribution is -2.34. The summed E-state index contributed by atoms with van der Waals surface area (Å²) in [4.78, 5) is 36.5. The molecule has 0 aliphatic carbocycles. The van der Waals surface area contributed by atoms with Gasteiger partial charge in [0.15, 0.2) is 12.4 Å². The number of likely N-dealkylation sites (N-methyl/N-ethyl adjacent to an activating group) is 1. The second kappa shape index (κ2) is 9.31. The number of ether oxygens (including phenoxy) is 2. The van der Waals surface area contributed by atoms with Crippen LogP contribution in [-0.4, -0.2) is 42.9 Å². The highest BCUT2D eigenvalue weighted by Gasteiger charge is 2.16. The van der Waals surface area contributed by atoms with E-state index in [1.807, 2.05) is 30.3 Å². The number of esters is 1. The zero-order valence-corrected chi connectivity index (χ0v) is 14.2. The lowest BCUT2D eigenvalue weighted by molar-refractivity contribution is -0.143. The predicted molar refractivity (Wildman–Crippen MR) is 90.9 cm³/mol. The van der Waals surface area contributed by atoms with E-state index >= 15 is 0 Å². The molecule has 0 aliphatic heterocycles. The minimum Gasteiger partial charge on any atom is -0.456 e. The Kier molecular flexibility index (Phi) is 6.84. The van der Waals surface area contributed by atoms with Gasteiger partial charge in [0.25, 0.3) is 0 Å². The molecule has 0 unspecified atom stereocenters. The topological polar surface area (TPSA) is 72.9 Å². The number of hydrogen-bond donors (Lipinski definition) is 0. The molecule has 2 aromatic carbocycles. The van der Waals surface area contributed by atoms with Crippen molar-refractivity contribution in [1.29, 1.82) is 0 Å². The molecular formula is C19H18FNO5. The van der Waals surface area contributed by atoms with Crippen LogP contribution in [0.1, 0.15) is 15.9 Å². The van der Waals surface area contributed by atoms with Crippen molar-refractivity contribution < 1.29 is 28.2 Å². The molecule has 0 heterocycles. The van der Waals surface area contributed by atoms with Gasteiger partial charge in [0.1, 0.15) is 19.0 Å². The number of amides is 1. The lowest BCUT2D eigenvalue weighted by Gasteiger charge is -2.16. The van der Waals surface area contributed by atoms with Gasteiger partial charge in [-0.05, 0) is 29.8 Å². The Balaban J connectivity index is 1.73. The summed E-state index contributed by atoms with van der Waals surface area (Å²) in [5.41, 5.74) is 1.05. The van der Waals surface area contributed by atoms with Crippen LogP contribution in [0.3, 0.4) is 0 Å². The number of nitrogens with zero attached hydrogens (tertiary/aromatic N) is 1. The van der Waals surface area contributed by atoms with Gasteiger partial charge in [-0.2, -0.15) is 0 Å². The van der Waals surface area contributed by atoms with Crippen molar-refractivity contribution >= 4 is 17.8 Å². The van der Waals surface area contributed by atoms with E-state index < -0.39 is 30.3 Å². The van der Waals surface area contributed by atoms with E-state index in [0.29, 0.717) is 0 Å². The Hall–Kier alpha value is -3.22. The van der Waals surface area contributed by atoms with Gasteiger partial charge < -0.3 is 14.4 Å². The molecule has 0 atom stereocenters. The number of carbonyl (C=O) groups excluding carboxylic acids is 3. The fraction of sp³-hybridized carbons (Fsp3) is 0.211. The van der Waals surface area contributed by atoms with E-state index in [9.17, 15) is 18.8 Å². The summed E-state index contributed by atoms with van der Waals surface area (Å²) >= 11 is 0. The monoisotopic (exact) mass is 359 g/mol. The number of carbonyl (C=O) groups is 3. The van der Waals surface area contributed by atoms with Crippen molar-refractivity contribution in [3.8, 4) is 0 Å². The van der Waals surface area contributed by atoms with Gasteiger partial charge in [-0.15, -0.1) is 0 Å². The minimum atomic E-state index is -0.750. The van der Waals surface area contributed by atoms with Gasteiger partial charge in [0.05, 0.1) is 0 Å². The average molecular weight is 359 g/mol. The largest absolute Gasteiger partial charge is 0.456 e. The Morgan fingerprint density at radius 1 is 0.962 bits per heavy atom. The fourth-order valence-corrected chi connectivity index (χ4v) is 2.00. The summed E-state index contributed by atoms with van der Waals surface area (Å²) in [6, 6.07) is 14.0. The molecule has 0 aromatic heterocycles. The van der Waals surface area contributed by atoms with Crippen LogP contribution in [0.25, 0.3) is 0 Å². The molecule has 0 N–H and O–H groups in total. The molecule has 2 aromatic rings. The molecule has 0 bridgehead atoms. The Bertz CT molecular complexity index is 761. The molecule has 136 valence electrons. The van der Waals surface area contributed by atoms with Gasteiger partial charge in [-0.25, -0.2) is 9.18 Å². The van der Waals surface area contributed by atoms with Gasteiger partial charge in [0.2, 0.25) is 0 Å². The molecule has 0 saturated carbocycles. The van der Waals surface area contributed by atoms with Crippen LogP contribution in [-0.2, 0) is 20.9 Å². The zero-order valence-electron chi connectivity index (χ0n) is 14.2. The normalized spacial score (nSPS) is 10.1. The maximum absolute atomic E-state index is 12.8. The highest BCUT2D eigenvalue weighted by Crippen LogP contribution is 2.05. The molecule has 7 heteroatoms. The molecule has 6 nitrogen and oxygen atoms in total. The first-order valence-electron chi connectivity index (χ1n) is 7.82. The number of rotatable bonds is 7. The second-order valence-electron chi connectivity index (χ2n) is 5.49. The zero-order chi connectivity index (χ0) is 18.9. The quantitative estimate of drug-likeness (QED) is 0.561. The Morgan fingerprint density at radius 2 is 1.62 bits per heavy atom. The average Bonchev–Trinajstić information content (AvgIpc) is 2.65. The molecule has 0 aliphatic rings. The third kappa shape index (κ3) is 6.01. The molecule has 0 saturated heterocycles. The Labute approximate surface area is 150 Å². The van der Waals surface area contributed by atoms with Gasteiger partial charge in [-0.1, -0.05) is 30.3 Å². The van der Waals surface area contributed by atoms with Gasteiger partial charge in [0, 0.05) is 12.6 Å². The first-order valence-corrected chi connectivity index (χ1v) is 7.82. The molecule has 26 heavy (non-hydrogen) atoms. The maximum Gasteiger partial charge on any atom is 0.410 e. The summed E-state index contributed by atoms with van der Waals surface area (Å²) in [6.45, 7) is -0.760. The third-order valence-corrected chi connectivity index (χ3v) is 3.41. The SMILES string of the molecule is CN(CC(=O)OCC(=O)c1ccc(F)cc1)C(=O)OCc1ccccc1. The van der Waals surface area contributed by atoms with Crippen LogP contribution < -0.4 is 0 Å². The molecule has 0 fully saturated rings. The number of hydrogen-bond acceptors (Lipinski definition) is 5. The molecular weight excluding hydrogens is 341 g/mol. The summed E-state index contributed by atoms with van der Waals surface area (Å²) < 4.78 is 22.7. The lowest BCUT2D eigenvalue weighted by atomic mass is 10.1. The maximum atomic E-state index is 12.8. The standard InChI is InChI=1S/C19H18FNO5/c1-21(19(24)26-12-14-5-3-2-4-6-14)11-18(23)25-13-17(22)15-7-9-16(20)10-8-15/h2-10H,11-13H2,1H3. The van der Waals surface area contributed by atoms with E-state index in [1.54, 1.807) is 0 Å². The fourth-order valence-electron chi connectivity index (χ4n) is 2.00. The number of Topliss-reactive ketones (excluding diaryl/α,β-unsaturated/α-hetero) is 1. The van der Waals surface area contributed by atoms with E-state index in [2.05, 4.69) is 0 Å². The van der Waals surface area contributed by atoms with Crippen LogP contribution in [0.2, 0.25) is 0 Å². The smallest absolute Gasteiger partial charge is 0.410 e. The number of halogens is 1. The summed E-state index contributed by atoms with van der Waals surface area (Å²) in [7, 11) is 1.39. The second-order valence-corrected chi connectivity index (χ2v) is 5.49. The highest BCUT2D eigenvalue weighted by molar-refractivity contribution is 5.98. The predicted octanol–water partition coefficient (Wildman–Crippen LogP) is 2.82. The van der Waals surface area contributed by atoms with Crippen LogP contribution in [0, 0.1) is 5.82 Å². The van der Waals surface area contributed by atoms with E-state index in [1.165, 1.54) is 19.2 Å². The van der Waals surface area contributed by atoms with Crippen LogP contribution in [0.5, 0.6) is 0 Å². The number of benzene rings is 2. The van der Waals surface area contributed by atoms with Gasteiger partial charge in [-0.3, -0.25) is 9.59 Å². The van der Waals surface area contributed by atoms with Crippen molar-refractivity contribution in [2.45, 2.75) is 6.61 Å². The summed E-state index contributed by atoms with van der Waals surface area (Å²) in [5.74, 6) is -1.68. The molecule has 2 rings (SSSR count). The van der Waals surface area contributed by atoms with Gasteiger partial charge >= 0.3 is 12.1 Å². The van der Waals surface area contributed by atoms with Crippen molar-refractivity contribution in [3.05, 3.63) is 71.5 Å².